The molecular formula is C11H8O7. The van der Waals surface area contributed by atoms with Crippen molar-refractivity contribution in [2.24, 2.45) is 0 Å². The van der Waals surface area contributed by atoms with Crippen LogP contribution in [0.5, 0.6) is 11.5 Å². The lowest BCUT2D eigenvalue weighted by atomic mass is 10.2. The molecule has 0 bridgehead atoms. The molecule has 0 amide bonds. The summed E-state index contributed by atoms with van der Waals surface area (Å²) in [6.45, 7) is 0. The predicted molar refractivity (Wildman–Crippen MR) is 57.0 cm³/mol. The molecule has 0 spiro atoms. The van der Waals surface area contributed by atoms with Crippen molar-refractivity contribution < 1.29 is 34.4 Å². The van der Waals surface area contributed by atoms with Gasteiger partial charge in [0, 0.05) is 12.2 Å². The molecule has 0 aromatic heterocycles. The lowest BCUT2D eigenvalue weighted by molar-refractivity contribution is -0.134. The summed E-state index contributed by atoms with van der Waals surface area (Å²) in [5, 5.41) is 26.6. The van der Waals surface area contributed by atoms with E-state index in [0.29, 0.717) is 12.2 Å². The molecule has 7 nitrogen and oxygen atoms in total. The first-order valence-corrected chi connectivity index (χ1v) is 4.59. The highest BCUT2D eigenvalue weighted by Crippen LogP contribution is 2.22. The van der Waals surface area contributed by atoms with E-state index in [0.717, 1.165) is 18.2 Å². The SMILES string of the molecule is O=C(O)/C=C\C(=O)OC(=O)c1cc(O)ccc1O. The Bertz CT molecular complexity index is 530. The second-order valence-corrected chi connectivity index (χ2v) is 3.08. The van der Waals surface area contributed by atoms with Gasteiger partial charge in [-0.3, -0.25) is 0 Å². The molecule has 18 heavy (non-hydrogen) atoms. The van der Waals surface area contributed by atoms with Crippen molar-refractivity contribution in [2.75, 3.05) is 0 Å². The van der Waals surface area contributed by atoms with Crippen molar-refractivity contribution in [1.82, 2.24) is 0 Å². The number of esters is 2. The third-order valence-electron chi connectivity index (χ3n) is 1.76. The number of phenols is 2. The van der Waals surface area contributed by atoms with E-state index in [9.17, 15) is 19.5 Å². The second-order valence-electron chi connectivity index (χ2n) is 3.08. The standard InChI is InChI=1S/C11H8O7/c12-6-1-2-8(13)7(5-6)11(17)18-10(16)4-3-9(14)15/h1-5,12-13H,(H,14,15)/b4-3-. The number of phenolic OH excluding ortho intramolecular Hbond substituents is 2. The lowest BCUT2D eigenvalue weighted by Crippen LogP contribution is -2.11. The van der Waals surface area contributed by atoms with Crippen LogP contribution in [0.25, 0.3) is 0 Å². The largest absolute Gasteiger partial charge is 0.508 e. The van der Waals surface area contributed by atoms with E-state index >= 15 is 0 Å². The van der Waals surface area contributed by atoms with Gasteiger partial charge in [-0.1, -0.05) is 0 Å². The van der Waals surface area contributed by atoms with Crippen molar-refractivity contribution in [2.45, 2.75) is 0 Å². The molecule has 0 aliphatic carbocycles. The van der Waals surface area contributed by atoms with Crippen molar-refractivity contribution in [3.63, 3.8) is 0 Å². The van der Waals surface area contributed by atoms with E-state index in [1.165, 1.54) is 0 Å². The van der Waals surface area contributed by atoms with Crippen LogP contribution in [0, 0.1) is 0 Å². The van der Waals surface area contributed by atoms with Crippen LogP contribution in [0.3, 0.4) is 0 Å². The Hall–Kier alpha value is -2.83. The first-order chi connectivity index (χ1) is 8.40. The third-order valence-corrected chi connectivity index (χ3v) is 1.76. The number of carboxylic acids is 1. The van der Waals surface area contributed by atoms with E-state index in [2.05, 4.69) is 4.74 Å². The third kappa shape index (κ3) is 3.63. The number of aromatic hydroxyl groups is 2. The Kier molecular flexibility index (Phi) is 4.03. The minimum absolute atomic E-state index is 0.298. The Labute approximate surface area is 101 Å². The Balaban J connectivity index is 2.80. The zero-order valence-corrected chi connectivity index (χ0v) is 8.86. The van der Waals surface area contributed by atoms with Crippen molar-refractivity contribution >= 4 is 17.9 Å². The number of hydrogen-bond donors (Lipinski definition) is 3. The zero-order valence-electron chi connectivity index (χ0n) is 8.86. The quantitative estimate of drug-likeness (QED) is 0.308. The van der Waals surface area contributed by atoms with Crippen LogP contribution in [-0.4, -0.2) is 33.2 Å². The number of aliphatic carboxylic acids is 1. The highest BCUT2D eigenvalue weighted by atomic mass is 16.6. The fourth-order valence-electron chi connectivity index (χ4n) is 1.01. The number of benzene rings is 1. The average molecular weight is 252 g/mol. The van der Waals surface area contributed by atoms with Gasteiger partial charge in [0.1, 0.15) is 17.1 Å². The molecule has 1 aromatic rings. The van der Waals surface area contributed by atoms with Gasteiger partial charge in [0.15, 0.2) is 0 Å². The molecule has 0 heterocycles. The Morgan fingerprint density at radius 2 is 1.78 bits per heavy atom. The van der Waals surface area contributed by atoms with Crippen molar-refractivity contribution in [3.05, 3.63) is 35.9 Å². The van der Waals surface area contributed by atoms with Gasteiger partial charge in [-0.25, -0.2) is 14.4 Å². The number of hydrogen-bond acceptors (Lipinski definition) is 6. The fraction of sp³-hybridized carbons (Fsp3) is 0. The topological polar surface area (TPSA) is 121 Å². The number of carbonyl (C=O) groups excluding carboxylic acids is 2. The summed E-state index contributed by atoms with van der Waals surface area (Å²) in [4.78, 5) is 32.5. The summed E-state index contributed by atoms with van der Waals surface area (Å²) in [7, 11) is 0. The zero-order chi connectivity index (χ0) is 13.7. The Morgan fingerprint density at radius 1 is 1.11 bits per heavy atom. The van der Waals surface area contributed by atoms with Gasteiger partial charge in [0.2, 0.25) is 0 Å². The first-order valence-electron chi connectivity index (χ1n) is 4.59. The van der Waals surface area contributed by atoms with Gasteiger partial charge in [0.05, 0.1) is 0 Å². The molecule has 3 N–H and O–H groups in total. The maximum Gasteiger partial charge on any atom is 0.349 e. The number of carbonyl (C=O) groups is 3. The maximum absolute atomic E-state index is 11.4. The van der Waals surface area contributed by atoms with E-state index in [-0.39, 0.29) is 5.75 Å². The summed E-state index contributed by atoms with van der Waals surface area (Å²) in [6, 6.07) is 3.09. The van der Waals surface area contributed by atoms with Gasteiger partial charge in [0.25, 0.3) is 0 Å². The van der Waals surface area contributed by atoms with Gasteiger partial charge in [-0.05, 0) is 18.2 Å². The molecule has 7 heteroatoms. The van der Waals surface area contributed by atoms with Crippen LogP contribution >= 0.6 is 0 Å². The summed E-state index contributed by atoms with van der Waals surface area (Å²) < 4.78 is 4.22. The van der Waals surface area contributed by atoms with Gasteiger partial charge < -0.3 is 20.1 Å². The monoisotopic (exact) mass is 252 g/mol. The molecule has 0 atom stereocenters. The summed E-state index contributed by atoms with van der Waals surface area (Å²) >= 11 is 0. The molecule has 94 valence electrons. The van der Waals surface area contributed by atoms with Gasteiger partial charge in [-0.15, -0.1) is 0 Å². The van der Waals surface area contributed by atoms with Crippen LogP contribution in [0.2, 0.25) is 0 Å². The summed E-state index contributed by atoms with van der Waals surface area (Å²) in [6.07, 6.45) is 1.04. The molecule has 0 saturated carbocycles. The van der Waals surface area contributed by atoms with Crippen LogP contribution in [0.1, 0.15) is 10.4 Å². The van der Waals surface area contributed by atoms with Gasteiger partial charge in [-0.2, -0.15) is 0 Å². The van der Waals surface area contributed by atoms with Crippen molar-refractivity contribution in [1.29, 1.82) is 0 Å². The number of rotatable bonds is 3. The molecule has 0 fully saturated rings. The Morgan fingerprint density at radius 3 is 2.39 bits per heavy atom. The normalized spacial score (nSPS) is 10.2. The number of ether oxygens (including phenoxy) is 1. The highest BCUT2D eigenvalue weighted by Gasteiger charge is 2.16. The van der Waals surface area contributed by atoms with E-state index in [1.807, 2.05) is 0 Å². The molecule has 0 saturated heterocycles. The second kappa shape index (κ2) is 5.48. The lowest BCUT2D eigenvalue weighted by Gasteiger charge is -2.03. The van der Waals surface area contributed by atoms with E-state index in [1.54, 1.807) is 0 Å². The summed E-state index contributed by atoms with van der Waals surface area (Å²) in [5.74, 6) is -4.56. The van der Waals surface area contributed by atoms with Crippen LogP contribution in [0.15, 0.2) is 30.4 Å². The van der Waals surface area contributed by atoms with E-state index in [4.69, 9.17) is 10.2 Å². The molecule has 0 unspecified atom stereocenters. The first kappa shape index (κ1) is 13.2. The molecule has 1 rings (SSSR count). The fourth-order valence-corrected chi connectivity index (χ4v) is 1.01. The van der Waals surface area contributed by atoms with Crippen molar-refractivity contribution in [3.8, 4) is 11.5 Å². The smallest absolute Gasteiger partial charge is 0.349 e. The highest BCUT2D eigenvalue weighted by molar-refractivity contribution is 6.02. The minimum atomic E-state index is -1.38. The molecule has 1 aromatic carbocycles. The summed E-state index contributed by atoms with van der Waals surface area (Å²) in [5.41, 5.74) is -0.410. The van der Waals surface area contributed by atoms with Crippen LogP contribution in [-0.2, 0) is 14.3 Å². The van der Waals surface area contributed by atoms with E-state index < -0.39 is 29.2 Å². The molecule has 0 aliphatic rings. The average Bonchev–Trinajstić information content (AvgIpc) is 2.29. The maximum atomic E-state index is 11.4. The van der Waals surface area contributed by atoms with Crippen LogP contribution in [0.4, 0.5) is 0 Å². The predicted octanol–water partition coefficient (Wildman–Crippen LogP) is 0.422. The molecule has 0 aliphatic heterocycles. The molecule has 0 radical (unpaired) electrons. The molecular weight excluding hydrogens is 244 g/mol. The van der Waals surface area contributed by atoms with Crippen LogP contribution < -0.4 is 0 Å². The minimum Gasteiger partial charge on any atom is -0.508 e. The number of carboxylic acid groups (broad SMARTS) is 1. The van der Waals surface area contributed by atoms with Gasteiger partial charge >= 0.3 is 17.9 Å².